The first kappa shape index (κ1) is 18.2. The van der Waals surface area contributed by atoms with Crippen LogP contribution in [0, 0.1) is 12.8 Å². The van der Waals surface area contributed by atoms with Gasteiger partial charge in [0, 0.05) is 11.4 Å². The molecule has 0 aliphatic heterocycles. The molecule has 0 fully saturated rings. The number of carbonyl (C=O) groups is 1. The molecule has 4 rings (SSSR count). The molecular weight excluding hydrogens is 354 g/mol. The molecule has 0 saturated carbocycles. The summed E-state index contributed by atoms with van der Waals surface area (Å²) >= 11 is 0. The summed E-state index contributed by atoms with van der Waals surface area (Å²) in [6.07, 6.45) is 5.58. The highest BCUT2D eigenvalue weighted by Crippen LogP contribution is 2.26. The van der Waals surface area contributed by atoms with E-state index >= 15 is 0 Å². The lowest BCUT2D eigenvalue weighted by Gasteiger charge is -2.23. The zero-order valence-electron chi connectivity index (χ0n) is 16.0. The molecular formula is C21H23N5O2. The molecule has 1 amide bonds. The van der Waals surface area contributed by atoms with Crippen molar-refractivity contribution in [2.24, 2.45) is 5.92 Å². The van der Waals surface area contributed by atoms with Gasteiger partial charge < -0.3 is 10.3 Å². The minimum atomic E-state index is -0.403. The fourth-order valence-corrected chi connectivity index (χ4v) is 3.77. The molecule has 0 spiro atoms. The van der Waals surface area contributed by atoms with Crippen LogP contribution < -0.4 is 10.9 Å². The molecule has 7 heteroatoms. The minimum Gasteiger partial charge on any atom is -0.325 e. The fraction of sp³-hybridized carbons (Fsp3) is 0.333. The van der Waals surface area contributed by atoms with Gasteiger partial charge in [0.25, 0.3) is 11.5 Å². The van der Waals surface area contributed by atoms with Crippen molar-refractivity contribution in [1.82, 2.24) is 19.7 Å². The van der Waals surface area contributed by atoms with Gasteiger partial charge in [0.05, 0.1) is 5.69 Å². The third-order valence-electron chi connectivity index (χ3n) is 5.45. The molecule has 2 aromatic heterocycles. The molecule has 1 atom stereocenters. The van der Waals surface area contributed by atoms with Gasteiger partial charge in [0.1, 0.15) is 17.7 Å². The van der Waals surface area contributed by atoms with E-state index in [0.29, 0.717) is 11.6 Å². The van der Waals surface area contributed by atoms with Gasteiger partial charge >= 0.3 is 0 Å². The van der Waals surface area contributed by atoms with E-state index in [1.807, 2.05) is 29.7 Å². The van der Waals surface area contributed by atoms with Gasteiger partial charge in [0.2, 0.25) is 0 Å². The Morgan fingerprint density at radius 1 is 1.36 bits per heavy atom. The summed E-state index contributed by atoms with van der Waals surface area (Å²) in [4.78, 5) is 28.1. The average Bonchev–Trinajstić information content (AvgIpc) is 3.13. The zero-order chi connectivity index (χ0) is 19.7. The van der Waals surface area contributed by atoms with E-state index in [1.54, 1.807) is 18.5 Å². The normalized spacial score (nSPS) is 15.9. The maximum atomic E-state index is 12.8. The molecule has 7 nitrogen and oxygen atoms in total. The van der Waals surface area contributed by atoms with Gasteiger partial charge in [0.15, 0.2) is 0 Å². The van der Waals surface area contributed by atoms with Gasteiger partial charge in [-0.2, -0.15) is 0 Å². The Morgan fingerprint density at radius 3 is 2.96 bits per heavy atom. The van der Waals surface area contributed by atoms with Crippen LogP contribution in [0.25, 0.3) is 5.69 Å². The number of hydrogen-bond acceptors (Lipinski definition) is 4. The Kier molecular flexibility index (Phi) is 4.81. The molecule has 28 heavy (non-hydrogen) atoms. The summed E-state index contributed by atoms with van der Waals surface area (Å²) in [5, 5.41) is 10.7. The maximum absolute atomic E-state index is 12.8. The first-order chi connectivity index (χ1) is 13.5. The van der Waals surface area contributed by atoms with Crippen LogP contribution >= 0.6 is 0 Å². The minimum absolute atomic E-state index is 0.154. The number of pyridine rings is 1. The zero-order valence-corrected chi connectivity index (χ0v) is 16.0. The molecule has 0 bridgehead atoms. The second-order valence-electron chi connectivity index (χ2n) is 7.29. The molecule has 0 saturated heterocycles. The van der Waals surface area contributed by atoms with Crippen molar-refractivity contribution in [2.75, 3.05) is 5.32 Å². The fourth-order valence-electron chi connectivity index (χ4n) is 3.77. The summed E-state index contributed by atoms with van der Waals surface area (Å²) in [7, 11) is 0. The average molecular weight is 377 g/mol. The van der Waals surface area contributed by atoms with Crippen molar-refractivity contribution >= 4 is 11.6 Å². The van der Waals surface area contributed by atoms with E-state index < -0.39 is 5.91 Å². The highest BCUT2D eigenvalue weighted by Gasteiger charge is 2.21. The predicted molar refractivity (Wildman–Crippen MR) is 107 cm³/mol. The summed E-state index contributed by atoms with van der Waals surface area (Å²) in [6.45, 7) is 4.04. The monoisotopic (exact) mass is 377 g/mol. The number of H-pyrrole nitrogens is 1. The van der Waals surface area contributed by atoms with Crippen molar-refractivity contribution in [3.8, 4) is 5.69 Å². The summed E-state index contributed by atoms with van der Waals surface area (Å²) in [5.74, 6) is 0.957. The van der Waals surface area contributed by atoms with Crippen molar-refractivity contribution < 1.29 is 4.79 Å². The number of anilines is 1. The molecule has 2 N–H and O–H groups in total. The highest BCUT2D eigenvalue weighted by molar-refractivity contribution is 6.04. The molecule has 0 radical (unpaired) electrons. The standard InChI is InChI=1S/C21H23N5O2/c1-3-14-7-8-19-15(9-14)10-18(21(28)24-19)20(27)23-16-5-4-6-17(11-16)26-12-22-25-13(26)2/h4-6,10-12,14H,3,7-9H2,1-2H3,(H,23,27)(H,24,28). The lowest BCUT2D eigenvalue weighted by atomic mass is 9.84. The molecule has 1 aliphatic carbocycles. The summed E-state index contributed by atoms with van der Waals surface area (Å²) in [5.41, 5.74) is 3.32. The number of aromatic amines is 1. The van der Waals surface area contributed by atoms with Crippen LogP contribution in [-0.2, 0) is 12.8 Å². The van der Waals surface area contributed by atoms with Gasteiger partial charge in [-0.15, -0.1) is 10.2 Å². The molecule has 1 unspecified atom stereocenters. The molecule has 1 aliphatic rings. The number of fused-ring (bicyclic) bond motifs is 1. The number of rotatable bonds is 4. The highest BCUT2D eigenvalue weighted by atomic mass is 16.2. The number of nitrogens with one attached hydrogen (secondary N) is 2. The van der Waals surface area contributed by atoms with E-state index in [2.05, 4.69) is 27.4 Å². The molecule has 1 aromatic carbocycles. The van der Waals surface area contributed by atoms with Crippen LogP contribution in [0.2, 0.25) is 0 Å². The van der Waals surface area contributed by atoms with Crippen LogP contribution in [0.5, 0.6) is 0 Å². The van der Waals surface area contributed by atoms with E-state index in [0.717, 1.165) is 48.5 Å². The van der Waals surface area contributed by atoms with Crippen molar-refractivity contribution in [3.63, 3.8) is 0 Å². The maximum Gasteiger partial charge on any atom is 0.261 e. The van der Waals surface area contributed by atoms with Gasteiger partial charge in [-0.1, -0.05) is 19.4 Å². The number of amides is 1. The van der Waals surface area contributed by atoms with Crippen LogP contribution in [-0.4, -0.2) is 25.7 Å². The lowest BCUT2D eigenvalue weighted by Crippen LogP contribution is -2.27. The molecule has 144 valence electrons. The Hall–Kier alpha value is -3.22. The number of benzene rings is 1. The Balaban J connectivity index is 1.59. The third kappa shape index (κ3) is 3.47. The number of aromatic nitrogens is 4. The Bertz CT molecular complexity index is 1080. The smallest absolute Gasteiger partial charge is 0.261 e. The largest absolute Gasteiger partial charge is 0.325 e. The second-order valence-corrected chi connectivity index (χ2v) is 7.29. The van der Waals surface area contributed by atoms with E-state index in [-0.39, 0.29) is 11.1 Å². The van der Waals surface area contributed by atoms with E-state index in [9.17, 15) is 9.59 Å². The Morgan fingerprint density at radius 2 is 2.21 bits per heavy atom. The van der Waals surface area contributed by atoms with Crippen molar-refractivity contribution in [2.45, 2.75) is 39.5 Å². The molecule has 3 aromatic rings. The van der Waals surface area contributed by atoms with Crippen LogP contribution in [0.15, 0.2) is 41.5 Å². The van der Waals surface area contributed by atoms with Gasteiger partial charge in [-0.25, -0.2) is 0 Å². The topological polar surface area (TPSA) is 92.7 Å². The third-order valence-corrected chi connectivity index (χ3v) is 5.45. The SMILES string of the molecule is CCC1CCc2[nH]c(=O)c(C(=O)Nc3cccc(-n4cnnc4C)c3)cc2C1. The first-order valence-electron chi connectivity index (χ1n) is 9.58. The van der Waals surface area contributed by atoms with Crippen molar-refractivity contribution in [1.29, 1.82) is 0 Å². The Labute approximate surface area is 162 Å². The van der Waals surface area contributed by atoms with Crippen molar-refractivity contribution in [3.05, 3.63) is 69.7 Å². The number of nitrogens with zero attached hydrogens (tertiary/aromatic N) is 3. The lowest BCUT2D eigenvalue weighted by molar-refractivity contribution is 0.102. The summed E-state index contributed by atoms with van der Waals surface area (Å²) < 4.78 is 1.83. The van der Waals surface area contributed by atoms with Gasteiger partial charge in [-0.05, 0) is 61.9 Å². The second kappa shape index (κ2) is 7.42. The van der Waals surface area contributed by atoms with E-state index in [4.69, 9.17) is 0 Å². The quantitative estimate of drug-likeness (QED) is 0.731. The number of carbonyl (C=O) groups excluding carboxylic acids is 1. The van der Waals surface area contributed by atoms with E-state index in [1.165, 1.54) is 0 Å². The van der Waals surface area contributed by atoms with Crippen LogP contribution in [0.1, 0.15) is 47.2 Å². The predicted octanol–water partition coefficient (Wildman–Crippen LogP) is 3.03. The number of hydrogen-bond donors (Lipinski definition) is 2. The van der Waals surface area contributed by atoms with Gasteiger partial charge in [-0.3, -0.25) is 14.2 Å². The summed E-state index contributed by atoms with van der Waals surface area (Å²) in [6, 6.07) is 9.13. The van der Waals surface area contributed by atoms with Crippen LogP contribution in [0.3, 0.4) is 0 Å². The first-order valence-corrected chi connectivity index (χ1v) is 9.58. The van der Waals surface area contributed by atoms with Crippen LogP contribution in [0.4, 0.5) is 5.69 Å². The molecule has 2 heterocycles. The number of aryl methyl sites for hydroxylation is 2.